The van der Waals surface area contributed by atoms with Crippen molar-refractivity contribution in [3.8, 4) is 0 Å². The van der Waals surface area contributed by atoms with Crippen molar-refractivity contribution in [2.24, 2.45) is 13.0 Å². The van der Waals surface area contributed by atoms with E-state index in [1.165, 1.54) is 0 Å². The van der Waals surface area contributed by atoms with Gasteiger partial charge in [-0.1, -0.05) is 0 Å². The largest absolute Gasteiger partial charge is 0.381 e. The van der Waals surface area contributed by atoms with Crippen molar-refractivity contribution in [1.82, 2.24) is 24.6 Å². The zero-order chi connectivity index (χ0) is 24.8. The molecule has 0 saturated carbocycles. The molecule has 0 aliphatic carbocycles. The fraction of sp³-hybridized carbons (Fsp3) is 0.615. The third kappa shape index (κ3) is 6.67. The summed E-state index contributed by atoms with van der Waals surface area (Å²) >= 11 is 0. The highest BCUT2D eigenvalue weighted by Gasteiger charge is 2.32. The van der Waals surface area contributed by atoms with Crippen LogP contribution in [0.4, 0.5) is 0 Å². The van der Waals surface area contributed by atoms with Gasteiger partial charge in [0.2, 0.25) is 11.8 Å². The van der Waals surface area contributed by atoms with Gasteiger partial charge in [-0.3, -0.25) is 19.3 Å². The number of rotatable bonds is 8. The molecular weight excluding hydrogens is 446 g/mol. The van der Waals surface area contributed by atoms with E-state index < -0.39 is 0 Å². The van der Waals surface area contributed by atoms with Crippen LogP contribution in [0.1, 0.15) is 41.8 Å². The van der Waals surface area contributed by atoms with E-state index >= 15 is 0 Å². The highest BCUT2D eigenvalue weighted by atomic mass is 16.5. The number of carbonyl (C=O) groups excluding carboxylic acids is 2. The molecule has 2 aromatic heterocycles. The van der Waals surface area contributed by atoms with Crippen LogP contribution in [0.3, 0.4) is 0 Å². The van der Waals surface area contributed by atoms with Crippen molar-refractivity contribution in [3.05, 3.63) is 47.0 Å². The molecule has 2 aliphatic rings. The minimum atomic E-state index is -0.250. The SMILES string of the molecule is Cc1nn(C)c(C)c1CCC(=O)N1CC(=O)N(CC2CCOCC2)C[C@H](OCc2ccncc2)C1. The molecule has 0 aromatic carbocycles. The van der Waals surface area contributed by atoms with Crippen LogP contribution in [-0.4, -0.2) is 81.9 Å². The van der Waals surface area contributed by atoms with Crippen molar-refractivity contribution in [1.29, 1.82) is 0 Å². The second kappa shape index (κ2) is 11.8. The van der Waals surface area contributed by atoms with Gasteiger partial charge in [-0.05, 0) is 62.3 Å². The number of ether oxygens (including phenoxy) is 2. The molecule has 35 heavy (non-hydrogen) atoms. The van der Waals surface area contributed by atoms with Gasteiger partial charge >= 0.3 is 0 Å². The topological polar surface area (TPSA) is 89.8 Å². The van der Waals surface area contributed by atoms with Crippen LogP contribution >= 0.6 is 0 Å². The molecule has 2 fully saturated rings. The van der Waals surface area contributed by atoms with Gasteiger partial charge in [0.15, 0.2) is 0 Å². The minimum absolute atomic E-state index is 0.00593. The summed E-state index contributed by atoms with van der Waals surface area (Å²) in [5.41, 5.74) is 4.15. The van der Waals surface area contributed by atoms with Crippen LogP contribution in [0, 0.1) is 19.8 Å². The Balaban J connectivity index is 1.43. The van der Waals surface area contributed by atoms with Gasteiger partial charge in [0, 0.05) is 64.4 Å². The standard InChI is InChI=1S/C26H37N5O4/c1-19-24(20(2)29(3)28-19)4-5-25(32)31-16-23(35-18-22-6-10-27-11-7-22)15-30(26(33)17-31)14-21-8-12-34-13-9-21/h6-7,10-11,21,23H,4-5,8-9,12-18H2,1-3H3/t23-/m0/s1. The first-order valence-corrected chi connectivity index (χ1v) is 12.5. The van der Waals surface area contributed by atoms with Crippen LogP contribution in [0.15, 0.2) is 24.5 Å². The maximum absolute atomic E-state index is 13.3. The van der Waals surface area contributed by atoms with E-state index in [9.17, 15) is 9.59 Å². The first kappa shape index (κ1) is 25.3. The number of amides is 2. The molecule has 4 heterocycles. The summed E-state index contributed by atoms with van der Waals surface area (Å²) in [6.45, 7) is 7.58. The van der Waals surface area contributed by atoms with E-state index in [0.29, 0.717) is 45.0 Å². The first-order chi connectivity index (χ1) is 16.9. The van der Waals surface area contributed by atoms with Gasteiger partial charge in [-0.2, -0.15) is 5.10 Å². The molecule has 2 amide bonds. The number of hydrogen-bond donors (Lipinski definition) is 0. The van der Waals surface area contributed by atoms with Crippen molar-refractivity contribution < 1.29 is 19.1 Å². The zero-order valence-corrected chi connectivity index (χ0v) is 21.1. The monoisotopic (exact) mass is 483 g/mol. The highest BCUT2D eigenvalue weighted by Crippen LogP contribution is 2.20. The van der Waals surface area contributed by atoms with Crippen molar-refractivity contribution >= 4 is 11.8 Å². The van der Waals surface area contributed by atoms with Crippen molar-refractivity contribution in [3.63, 3.8) is 0 Å². The lowest BCUT2D eigenvalue weighted by Gasteiger charge is -2.30. The lowest BCUT2D eigenvalue weighted by molar-refractivity contribution is -0.139. The fourth-order valence-electron chi connectivity index (χ4n) is 4.95. The maximum Gasteiger partial charge on any atom is 0.242 e. The molecule has 0 N–H and O–H groups in total. The minimum Gasteiger partial charge on any atom is -0.381 e. The average Bonchev–Trinajstić information content (AvgIpc) is 3.00. The normalized spacial score (nSPS) is 19.7. The van der Waals surface area contributed by atoms with E-state index in [1.54, 1.807) is 17.3 Å². The van der Waals surface area contributed by atoms with E-state index in [2.05, 4.69) is 10.1 Å². The van der Waals surface area contributed by atoms with Crippen LogP contribution in [0.2, 0.25) is 0 Å². The number of hydrogen-bond acceptors (Lipinski definition) is 6. The van der Waals surface area contributed by atoms with Crippen LogP contribution < -0.4 is 0 Å². The van der Waals surface area contributed by atoms with Crippen molar-refractivity contribution in [2.75, 3.05) is 39.4 Å². The molecule has 9 heteroatoms. The Hall–Kier alpha value is -2.78. The third-order valence-corrected chi connectivity index (χ3v) is 7.18. The smallest absolute Gasteiger partial charge is 0.242 e. The van der Waals surface area contributed by atoms with Gasteiger partial charge in [0.25, 0.3) is 0 Å². The lowest BCUT2D eigenvalue weighted by atomic mass is 9.99. The Morgan fingerprint density at radius 3 is 2.60 bits per heavy atom. The second-order valence-electron chi connectivity index (χ2n) is 9.69. The molecule has 1 atom stereocenters. The molecule has 2 aromatic rings. The molecule has 0 spiro atoms. The summed E-state index contributed by atoms with van der Waals surface area (Å²) in [5, 5.41) is 4.46. The molecule has 0 unspecified atom stereocenters. The van der Waals surface area contributed by atoms with Crippen LogP contribution in [0.5, 0.6) is 0 Å². The molecule has 0 radical (unpaired) electrons. The summed E-state index contributed by atoms with van der Waals surface area (Å²) < 4.78 is 13.6. The molecule has 2 saturated heterocycles. The molecule has 4 rings (SSSR count). The zero-order valence-electron chi connectivity index (χ0n) is 21.1. The predicted molar refractivity (Wildman–Crippen MR) is 131 cm³/mol. The Morgan fingerprint density at radius 1 is 1.17 bits per heavy atom. The summed E-state index contributed by atoms with van der Waals surface area (Å²) in [7, 11) is 1.92. The van der Waals surface area contributed by atoms with E-state index in [0.717, 1.165) is 48.6 Å². The van der Waals surface area contributed by atoms with E-state index in [4.69, 9.17) is 9.47 Å². The Labute approximate surface area is 207 Å². The Bertz CT molecular complexity index is 1000. The maximum atomic E-state index is 13.3. The number of pyridine rings is 1. The molecule has 2 aliphatic heterocycles. The Morgan fingerprint density at radius 2 is 1.91 bits per heavy atom. The third-order valence-electron chi connectivity index (χ3n) is 7.18. The second-order valence-corrected chi connectivity index (χ2v) is 9.69. The molecule has 9 nitrogen and oxygen atoms in total. The van der Waals surface area contributed by atoms with E-state index in [-0.39, 0.29) is 24.5 Å². The van der Waals surface area contributed by atoms with E-state index in [1.807, 2.05) is 42.6 Å². The van der Waals surface area contributed by atoms with Gasteiger partial charge in [-0.15, -0.1) is 0 Å². The first-order valence-electron chi connectivity index (χ1n) is 12.5. The summed E-state index contributed by atoms with van der Waals surface area (Å²) in [6.07, 6.45) is 6.11. The molecule has 190 valence electrons. The number of aryl methyl sites for hydroxylation is 2. The lowest BCUT2D eigenvalue weighted by Crippen LogP contribution is -2.42. The molecular formula is C26H37N5O4. The summed E-state index contributed by atoms with van der Waals surface area (Å²) in [4.78, 5) is 34.1. The summed E-state index contributed by atoms with van der Waals surface area (Å²) in [5.74, 6) is 0.396. The van der Waals surface area contributed by atoms with Crippen LogP contribution in [0.25, 0.3) is 0 Å². The van der Waals surface area contributed by atoms with Crippen LogP contribution in [-0.2, 0) is 39.1 Å². The fourth-order valence-corrected chi connectivity index (χ4v) is 4.95. The van der Waals surface area contributed by atoms with Gasteiger partial charge in [-0.25, -0.2) is 0 Å². The quantitative estimate of drug-likeness (QED) is 0.571. The van der Waals surface area contributed by atoms with Crippen molar-refractivity contribution in [2.45, 2.75) is 52.2 Å². The number of carbonyl (C=O) groups is 2. The number of aromatic nitrogens is 3. The Kier molecular flexibility index (Phi) is 8.51. The van der Waals surface area contributed by atoms with Gasteiger partial charge in [0.05, 0.1) is 24.9 Å². The molecule has 0 bridgehead atoms. The summed E-state index contributed by atoms with van der Waals surface area (Å²) in [6, 6.07) is 3.84. The van der Waals surface area contributed by atoms with Gasteiger partial charge in [0.1, 0.15) is 0 Å². The highest BCUT2D eigenvalue weighted by molar-refractivity contribution is 5.85. The van der Waals surface area contributed by atoms with Gasteiger partial charge < -0.3 is 19.3 Å². The predicted octanol–water partition coefficient (Wildman–Crippen LogP) is 2.05. The average molecular weight is 484 g/mol. The number of nitrogens with zero attached hydrogens (tertiary/aromatic N) is 5.